The lowest BCUT2D eigenvalue weighted by Crippen LogP contribution is -2.44. The van der Waals surface area contributed by atoms with Crippen molar-refractivity contribution in [2.45, 2.75) is 37.8 Å². The molecule has 2 aliphatic rings. The van der Waals surface area contributed by atoms with Crippen LogP contribution in [0.2, 0.25) is 0 Å². The zero-order valence-electron chi connectivity index (χ0n) is 11.1. The van der Waals surface area contributed by atoms with E-state index in [9.17, 15) is 10.1 Å². The SMILES string of the molecule is O=[N+]([O-])c1cc(Br)cnc1N1CCCC1C1CCCN1. The van der Waals surface area contributed by atoms with Crippen LogP contribution in [0.4, 0.5) is 11.5 Å². The standard InChI is InChI=1S/C13H17BrN4O2/c14-9-7-12(18(19)20)13(16-8-9)17-6-2-4-11(17)10-3-1-5-15-10/h7-8,10-11,15H,1-6H2. The van der Waals surface area contributed by atoms with Crippen molar-refractivity contribution in [1.82, 2.24) is 10.3 Å². The average Bonchev–Trinajstić information content (AvgIpc) is 3.09. The molecule has 0 bridgehead atoms. The van der Waals surface area contributed by atoms with Crippen LogP contribution in [-0.2, 0) is 0 Å². The Kier molecular flexibility index (Phi) is 3.89. The quantitative estimate of drug-likeness (QED) is 0.676. The monoisotopic (exact) mass is 340 g/mol. The van der Waals surface area contributed by atoms with Crippen LogP contribution >= 0.6 is 15.9 Å². The van der Waals surface area contributed by atoms with E-state index in [4.69, 9.17) is 0 Å². The Morgan fingerprint density at radius 3 is 3.00 bits per heavy atom. The van der Waals surface area contributed by atoms with Gasteiger partial charge in [-0.3, -0.25) is 10.1 Å². The highest BCUT2D eigenvalue weighted by Crippen LogP contribution is 2.35. The highest BCUT2D eigenvalue weighted by molar-refractivity contribution is 9.10. The van der Waals surface area contributed by atoms with E-state index in [0.29, 0.717) is 22.4 Å². The minimum Gasteiger partial charge on any atom is -0.346 e. The van der Waals surface area contributed by atoms with Crippen LogP contribution in [0, 0.1) is 10.1 Å². The molecule has 0 saturated carbocycles. The van der Waals surface area contributed by atoms with E-state index in [1.807, 2.05) is 0 Å². The molecule has 20 heavy (non-hydrogen) atoms. The first kappa shape index (κ1) is 13.8. The largest absolute Gasteiger partial charge is 0.346 e. The van der Waals surface area contributed by atoms with Crippen LogP contribution in [0.5, 0.6) is 0 Å². The van der Waals surface area contributed by atoms with E-state index in [0.717, 1.165) is 32.4 Å². The van der Waals surface area contributed by atoms with Gasteiger partial charge in [-0.05, 0) is 48.2 Å². The molecule has 3 rings (SSSR count). The molecule has 0 aliphatic carbocycles. The average molecular weight is 341 g/mol. The van der Waals surface area contributed by atoms with Gasteiger partial charge in [0.2, 0.25) is 5.82 Å². The Labute approximate surface area is 125 Å². The van der Waals surface area contributed by atoms with E-state index >= 15 is 0 Å². The number of nitrogens with zero attached hydrogens (tertiary/aromatic N) is 3. The van der Waals surface area contributed by atoms with Gasteiger partial charge >= 0.3 is 5.69 Å². The topological polar surface area (TPSA) is 71.3 Å². The van der Waals surface area contributed by atoms with Crippen molar-refractivity contribution in [2.75, 3.05) is 18.0 Å². The molecule has 1 aromatic heterocycles. The number of halogens is 1. The summed E-state index contributed by atoms with van der Waals surface area (Å²) in [7, 11) is 0. The highest BCUT2D eigenvalue weighted by atomic mass is 79.9. The van der Waals surface area contributed by atoms with Gasteiger partial charge in [-0.25, -0.2) is 4.98 Å². The van der Waals surface area contributed by atoms with Crippen LogP contribution in [0.25, 0.3) is 0 Å². The molecule has 1 N–H and O–H groups in total. The second-order valence-corrected chi connectivity index (χ2v) is 6.27. The molecule has 2 aliphatic heterocycles. The van der Waals surface area contributed by atoms with Crippen LogP contribution in [0.15, 0.2) is 16.7 Å². The van der Waals surface area contributed by atoms with Gasteiger partial charge < -0.3 is 10.2 Å². The van der Waals surface area contributed by atoms with Gasteiger partial charge in [0, 0.05) is 35.4 Å². The van der Waals surface area contributed by atoms with Crippen molar-refractivity contribution >= 4 is 27.4 Å². The number of hydrogen-bond donors (Lipinski definition) is 1. The molecule has 0 amide bonds. The Morgan fingerprint density at radius 2 is 2.30 bits per heavy atom. The molecule has 1 aromatic rings. The molecule has 0 aromatic carbocycles. The smallest absolute Gasteiger partial charge is 0.312 e. The molecule has 3 heterocycles. The lowest BCUT2D eigenvalue weighted by molar-refractivity contribution is -0.384. The van der Waals surface area contributed by atoms with E-state index < -0.39 is 0 Å². The number of hydrogen-bond acceptors (Lipinski definition) is 5. The predicted octanol–water partition coefficient (Wildman–Crippen LogP) is 2.47. The number of aromatic nitrogens is 1. The fraction of sp³-hybridized carbons (Fsp3) is 0.615. The van der Waals surface area contributed by atoms with Crippen LogP contribution in [0.1, 0.15) is 25.7 Å². The third kappa shape index (κ3) is 2.52. The molecule has 108 valence electrons. The van der Waals surface area contributed by atoms with E-state index in [1.165, 1.54) is 6.42 Å². The van der Waals surface area contributed by atoms with Gasteiger partial charge in [-0.15, -0.1) is 0 Å². The molecular formula is C13H17BrN4O2. The maximum Gasteiger partial charge on any atom is 0.312 e. The predicted molar refractivity (Wildman–Crippen MR) is 80.0 cm³/mol. The Hall–Kier alpha value is -1.21. The summed E-state index contributed by atoms with van der Waals surface area (Å²) in [5, 5.41) is 14.8. The van der Waals surface area contributed by atoms with Crippen molar-refractivity contribution in [1.29, 1.82) is 0 Å². The molecule has 0 radical (unpaired) electrons. The highest BCUT2D eigenvalue weighted by Gasteiger charge is 2.36. The molecule has 0 spiro atoms. The van der Waals surface area contributed by atoms with Crippen LogP contribution < -0.4 is 10.2 Å². The number of anilines is 1. The van der Waals surface area contributed by atoms with Crippen molar-refractivity contribution in [3.8, 4) is 0 Å². The molecule has 2 unspecified atom stereocenters. The minimum absolute atomic E-state index is 0.0873. The summed E-state index contributed by atoms with van der Waals surface area (Å²) in [6.07, 6.45) is 6.11. The second kappa shape index (κ2) is 5.65. The molecule has 2 fully saturated rings. The van der Waals surface area contributed by atoms with Gasteiger partial charge in [0.25, 0.3) is 0 Å². The summed E-state index contributed by atoms with van der Waals surface area (Å²) < 4.78 is 0.641. The zero-order chi connectivity index (χ0) is 14.1. The van der Waals surface area contributed by atoms with Crippen molar-refractivity contribution in [3.63, 3.8) is 0 Å². The van der Waals surface area contributed by atoms with Crippen molar-refractivity contribution in [3.05, 3.63) is 26.9 Å². The van der Waals surface area contributed by atoms with Gasteiger partial charge in [-0.2, -0.15) is 0 Å². The molecule has 2 atom stereocenters. The number of nitrogens with one attached hydrogen (secondary N) is 1. The summed E-state index contributed by atoms with van der Waals surface area (Å²) in [5.74, 6) is 0.509. The fourth-order valence-corrected chi connectivity index (χ4v) is 3.61. The normalized spacial score (nSPS) is 26.1. The molecule has 7 heteroatoms. The Morgan fingerprint density at radius 1 is 1.45 bits per heavy atom. The second-order valence-electron chi connectivity index (χ2n) is 5.36. The first-order chi connectivity index (χ1) is 9.66. The molecular weight excluding hydrogens is 324 g/mol. The summed E-state index contributed by atoms with van der Waals surface area (Å²) in [5.41, 5.74) is 0.0873. The van der Waals surface area contributed by atoms with Gasteiger partial charge in [-0.1, -0.05) is 0 Å². The minimum atomic E-state index is -0.343. The van der Waals surface area contributed by atoms with Gasteiger partial charge in [0.1, 0.15) is 0 Å². The summed E-state index contributed by atoms with van der Waals surface area (Å²) in [6.45, 7) is 1.89. The third-order valence-electron chi connectivity index (χ3n) is 4.14. The zero-order valence-corrected chi connectivity index (χ0v) is 12.7. The Balaban J connectivity index is 1.92. The number of pyridine rings is 1. The molecule has 6 nitrogen and oxygen atoms in total. The first-order valence-corrected chi connectivity index (χ1v) is 7.76. The number of rotatable bonds is 3. The fourth-order valence-electron chi connectivity index (χ4n) is 3.29. The van der Waals surface area contributed by atoms with Crippen LogP contribution in [0.3, 0.4) is 0 Å². The first-order valence-electron chi connectivity index (χ1n) is 6.97. The summed E-state index contributed by atoms with van der Waals surface area (Å²) >= 11 is 3.26. The number of nitro groups is 1. The third-order valence-corrected chi connectivity index (χ3v) is 4.58. The lowest BCUT2D eigenvalue weighted by atomic mass is 10.0. The molecule has 2 saturated heterocycles. The maximum absolute atomic E-state index is 11.3. The van der Waals surface area contributed by atoms with E-state index in [1.54, 1.807) is 12.3 Å². The van der Waals surface area contributed by atoms with Crippen LogP contribution in [-0.4, -0.2) is 35.1 Å². The summed E-state index contributed by atoms with van der Waals surface area (Å²) in [4.78, 5) is 17.3. The van der Waals surface area contributed by atoms with Gasteiger partial charge in [0.15, 0.2) is 0 Å². The van der Waals surface area contributed by atoms with Crippen molar-refractivity contribution in [2.24, 2.45) is 0 Å². The van der Waals surface area contributed by atoms with E-state index in [-0.39, 0.29) is 10.6 Å². The lowest BCUT2D eigenvalue weighted by Gasteiger charge is -2.30. The summed E-state index contributed by atoms with van der Waals surface area (Å²) in [6, 6.07) is 2.30. The van der Waals surface area contributed by atoms with Gasteiger partial charge in [0.05, 0.1) is 4.92 Å². The maximum atomic E-state index is 11.3. The Bertz CT molecular complexity index is 519. The van der Waals surface area contributed by atoms with E-state index in [2.05, 4.69) is 31.1 Å². The van der Waals surface area contributed by atoms with Crippen molar-refractivity contribution < 1.29 is 4.92 Å².